The molecule has 0 aromatic carbocycles. The maximum atomic E-state index is 3.94. The van der Waals surface area contributed by atoms with Crippen LogP contribution in [0.15, 0.2) is 12.2 Å². The normalized spacial score (nSPS) is 14.6. The Bertz CT molecular complexity index is 101. The van der Waals surface area contributed by atoms with Gasteiger partial charge < -0.3 is 0 Å². The minimum atomic E-state index is 0.594. The molecule has 65 valence electrons. The van der Waals surface area contributed by atoms with Crippen LogP contribution in [-0.4, -0.2) is 0 Å². The van der Waals surface area contributed by atoms with E-state index in [1.54, 1.807) is 0 Å². The second kappa shape index (κ2) is 6.45. The summed E-state index contributed by atoms with van der Waals surface area (Å²) in [5.41, 5.74) is 0. The second-order valence-electron chi connectivity index (χ2n) is 3.50. The molecule has 0 heterocycles. The summed E-state index contributed by atoms with van der Waals surface area (Å²) in [7, 11) is 0. The topological polar surface area (TPSA) is 0 Å². The largest absolute Gasteiger partial charge is 0.0883 e. The lowest BCUT2D eigenvalue weighted by atomic mass is 10.1. The van der Waals surface area contributed by atoms with Crippen LogP contribution in [0.25, 0.3) is 0 Å². The molecule has 0 aliphatic carbocycles. The molecule has 0 fully saturated rings. The molecule has 0 aliphatic rings. The van der Waals surface area contributed by atoms with Gasteiger partial charge in [0.15, 0.2) is 0 Å². The summed E-state index contributed by atoms with van der Waals surface area (Å²) in [6.07, 6.45) is 8.25. The predicted octanol–water partition coefficient (Wildman–Crippen LogP) is 3.84. The maximum Gasteiger partial charge on any atom is -0.0265 e. The summed E-state index contributed by atoms with van der Waals surface area (Å²) < 4.78 is 0. The Hall–Kier alpha value is -0.260. The van der Waals surface area contributed by atoms with Crippen LogP contribution in [0.3, 0.4) is 0 Å². The van der Waals surface area contributed by atoms with E-state index in [0.29, 0.717) is 5.92 Å². The van der Waals surface area contributed by atoms with Crippen LogP contribution in [0.5, 0.6) is 0 Å². The highest BCUT2D eigenvalue weighted by Gasteiger charge is 1.92. The lowest BCUT2D eigenvalue weighted by Gasteiger charge is -2.01. The standard InChI is InChI=1S/C11H21/c1-5-11(4)9-7-6-8-10(2)3/h7,9-11H,2,5-6,8H2,1,3-4H3/b9-7+. The molecule has 0 spiro atoms. The average molecular weight is 153 g/mol. The van der Waals surface area contributed by atoms with Crippen LogP contribution < -0.4 is 0 Å². The van der Waals surface area contributed by atoms with Gasteiger partial charge in [-0.25, -0.2) is 0 Å². The van der Waals surface area contributed by atoms with Crippen molar-refractivity contribution >= 4 is 0 Å². The van der Waals surface area contributed by atoms with E-state index in [1.165, 1.54) is 19.3 Å². The van der Waals surface area contributed by atoms with E-state index in [4.69, 9.17) is 0 Å². The quantitative estimate of drug-likeness (QED) is 0.526. The Morgan fingerprint density at radius 2 is 2.00 bits per heavy atom. The minimum Gasteiger partial charge on any atom is -0.0883 e. The lowest BCUT2D eigenvalue weighted by molar-refractivity contribution is 0.645. The first kappa shape index (κ1) is 10.7. The molecule has 2 unspecified atom stereocenters. The van der Waals surface area contributed by atoms with Crippen molar-refractivity contribution in [3.63, 3.8) is 0 Å². The maximum absolute atomic E-state index is 3.94. The first-order valence-corrected chi connectivity index (χ1v) is 4.66. The van der Waals surface area contributed by atoms with Crippen molar-refractivity contribution in [2.45, 2.75) is 40.0 Å². The molecular formula is C11H21. The SMILES string of the molecule is [CH2]C(C)CC/C=C/C(C)CC. The third kappa shape index (κ3) is 7.64. The molecule has 0 rings (SSSR count). The molecule has 1 radical (unpaired) electrons. The molecule has 2 atom stereocenters. The van der Waals surface area contributed by atoms with Gasteiger partial charge in [-0.15, -0.1) is 0 Å². The van der Waals surface area contributed by atoms with Crippen molar-refractivity contribution in [3.05, 3.63) is 19.1 Å². The summed E-state index contributed by atoms with van der Waals surface area (Å²) in [6, 6.07) is 0. The molecule has 0 aromatic heterocycles. The van der Waals surface area contributed by atoms with Crippen molar-refractivity contribution in [1.29, 1.82) is 0 Å². The van der Waals surface area contributed by atoms with Gasteiger partial charge in [-0.05, 0) is 24.7 Å². The summed E-state index contributed by atoms with van der Waals surface area (Å²) >= 11 is 0. The highest BCUT2D eigenvalue weighted by atomic mass is 14.0. The molecule has 0 saturated heterocycles. The highest BCUT2D eigenvalue weighted by molar-refractivity contribution is 4.86. The van der Waals surface area contributed by atoms with E-state index in [-0.39, 0.29) is 0 Å². The Kier molecular flexibility index (Phi) is 6.30. The Balaban J connectivity index is 3.29. The van der Waals surface area contributed by atoms with Crippen molar-refractivity contribution < 1.29 is 0 Å². The van der Waals surface area contributed by atoms with Gasteiger partial charge in [0.05, 0.1) is 0 Å². The van der Waals surface area contributed by atoms with Gasteiger partial charge in [0, 0.05) is 0 Å². The highest BCUT2D eigenvalue weighted by Crippen LogP contribution is 2.07. The third-order valence-corrected chi connectivity index (χ3v) is 1.93. The molecule has 0 heteroatoms. The molecule has 0 nitrogen and oxygen atoms in total. The van der Waals surface area contributed by atoms with E-state index >= 15 is 0 Å². The van der Waals surface area contributed by atoms with Crippen LogP contribution in [0.2, 0.25) is 0 Å². The predicted molar refractivity (Wildman–Crippen MR) is 52.4 cm³/mol. The van der Waals surface area contributed by atoms with Crippen LogP contribution in [-0.2, 0) is 0 Å². The molecule has 0 N–H and O–H groups in total. The van der Waals surface area contributed by atoms with Crippen molar-refractivity contribution in [1.82, 2.24) is 0 Å². The smallest absolute Gasteiger partial charge is 0.0265 e. The summed E-state index contributed by atoms with van der Waals surface area (Å²) in [5, 5.41) is 0. The van der Waals surface area contributed by atoms with Crippen molar-refractivity contribution in [3.8, 4) is 0 Å². The van der Waals surface area contributed by atoms with Crippen molar-refractivity contribution in [2.75, 3.05) is 0 Å². The minimum absolute atomic E-state index is 0.594. The van der Waals surface area contributed by atoms with Crippen LogP contribution in [0.4, 0.5) is 0 Å². The van der Waals surface area contributed by atoms with Crippen LogP contribution in [0, 0.1) is 18.8 Å². The molecule has 11 heavy (non-hydrogen) atoms. The van der Waals surface area contributed by atoms with Gasteiger partial charge in [0.2, 0.25) is 0 Å². The molecule has 0 aromatic rings. The molecule has 0 aliphatic heterocycles. The van der Waals surface area contributed by atoms with Crippen molar-refractivity contribution in [2.24, 2.45) is 11.8 Å². The zero-order valence-electron chi connectivity index (χ0n) is 8.14. The summed E-state index contributed by atoms with van der Waals surface area (Å²) in [4.78, 5) is 0. The number of rotatable bonds is 5. The Labute approximate surface area is 71.7 Å². The molecule has 0 amide bonds. The van der Waals surface area contributed by atoms with Gasteiger partial charge in [-0.1, -0.05) is 46.3 Å². The van der Waals surface area contributed by atoms with Crippen LogP contribution >= 0.6 is 0 Å². The van der Waals surface area contributed by atoms with E-state index in [9.17, 15) is 0 Å². The molecule has 0 bridgehead atoms. The number of hydrogen-bond acceptors (Lipinski definition) is 0. The fourth-order valence-electron chi connectivity index (χ4n) is 0.845. The molecule has 0 saturated carbocycles. The summed E-state index contributed by atoms with van der Waals surface area (Å²) in [6.45, 7) is 10.6. The van der Waals surface area contributed by atoms with E-state index in [2.05, 4.69) is 39.8 Å². The fraction of sp³-hybridized carbons (Fsp3) is 0.727. The van der Waals surface area contributed by atoms with E-state index in [0.717, 1.165) is 5.92 Å². The lowest BCUT2D eigenvalue weighted by Crippen LogP contribution is -1.87. The average Bonchev–Trinajstić information content (AvgIpc) is 1.97. The van der Waals surface area contributed by atoms with Crippen LogP contribution in [0.1, 0.15) is 40.0 Å². The molecular weight excluding hydrogens is 132 g/mol. The zero-order chi connectivity index (χ0) is 8.69. The van der Waals surface area contributed by atoms with E-state index in [1.807, 2.05) is 0 Å². The Morgan fingerprint density at radius 1 is 1.36 bits per heavy atom. The first-order chi connectivity index (χ1) is 5.16. The van der Waals surface area contributed by atoms with Gasteiger partial charge in [0.25, 0.3) is 0 Å². The first-order valence-electron chi connectivity index (χ1n) is 4.66. The van der Waals surface area contributed by atoms with Gasteiger partial charge in [-0.2, -0.15) is 0 Å². The van der Waals surface area contributed by atoms with Gasteiger partial charge in [0.1, 0.15) is 0 Å². The van der Waals surface area contributed by atoms with Gasteiger partial charge in [-0.3, -0.25) is 0 Å². The second-order valence-corrected chi connectivity index (χ2v) is 3.50. The number of hydrogen-bond donors (Lipinski definition) is 0. The fourth-order valence-corrected chi connectivity index (χ4v) is 0.845. The Morgan fingerprint density at radius 3 is 2.45 bits per heavy atom. The summed E-state index contributed by atoms with van der Waals surface area (Å²) in [5.74, 6) is 1.34. The zero-order valence-corrected chi connectivity index (χ0v) is 8.14. The van der Waals surface area contributed by atoms with Gasteiger partial charge >= 0.3 is 0 Å². The third-order valence-electron chi connectivity index (χ3n) is 1.93. The number of allylic oxidation sites excluding steroid dienone is 2. The monoisotopic (exact) mass is 153 g/mol. The van der Waals surface area contributed by atoms with E-state index < -0.39 is 0 Å².